The first-order valence-electron chi connectivity index (χ1n) is 5.99. The predicted molar refractivity (Wildman–Crippen MR) is 74.5 cm³/mol. The van der Waals surface area contributed by atoms with Gasteiger partial charge < -0.3 is 10.1 Å². The monoisotopic (exact) mass is 254 g/mol. The van der Waals surface area contributed by atoms with E-state index < -0.39 is 0 Å². The highest BCUT2D eigenvalue weighted by Gasteiger charge is 2.12. The van der Waals surface area contributed by atoms with Crippen LogP contribution in [0.2, 0.25) is 0 Å². The van der Waals surface area contributed by atoms with Crippen LogP contribution in [0.15, 0.2) is 42.7 Å². The third-order valence-electron chi connectivity index (χ3n) is 3.02. The first-order valence-corrected chi connectivity index (χ1v) is 5.99. The van der Waals surface area contributed by atoms with Gasteiger partial charge in [-0.2, -0.15) is 5.10 Å². The number of nitrogens with one attached hydrogen (secondary N) is 1. The lowest BCUT2D eigenvalue weighted by Crippen LogP contribution is -1.96. The Morgan fingerprint density at radius 1 is 1.16 bits per heavy atom. The molecule has 5 nitrogen and oxygen atoms in total. The van der Waals surface area contributed by atoms with Gasteiger partial charge in [-0.1, -0.05) is 18.2 Å². The van der Waals surface area contributed by atoms with Crippen molar-refractivity contribution in [1.29, 1.82) is 0 Å². The molecule has 1 N–H and O–H groups in total. The molecule has 0 saturated carbocycles. The molecular weight excluding hydrogens is 240 g/mol. The maximum atomic E-state index is 5.39. The van der Waals surface area contributed by atoms with Crippen molar-refractivity contribution >= 4 is 11.5 Å². The van der Waals surface area contributed by atoms with Crippen molar-refractivity contribution in [2.45, 2.75) is 0 Å². The van der Waals surface area contributed by atoms with Gasteiger partial charge in [0.2, 0.25) is 0 Å². The second-order valence-electron chi connectivity index (χ2n) is 4.09. The Bertz CT molecular complexity index is 720. The summed E-state index contributed by atoms with van der Waals surface area (Å²) in [7, 11) is 3.51. The van der Waals surface area contributed by atoms with Gasteiger partial charge in [-0.05, 0) is 12.1 Å². The summed E-state index contributed by atoms with van der Waals surface area (Å²) in [5.74, 6) is 1.62. The summed E-state index contributed by atoms with van der Waals surface area (Å²) in [6, 6.07) is 9.74. The molecule has 0 atom stereocenters. The summed E-state index contributed by atoms with van der Waals surface area (Å²) in [6.45, 7) is 0. The first kappa shape index (κ1) is 11.5. The van der Waals surface area contributed by atoms with E-state index in [-0.39, 0.29) is 0 Å². The maximum absolute atomic E-state index is 5.39. The highest BCUT2D eigenvalue weighted by Crippen LogP contribution is 2.31. The van der Waals surface area contributed by atoms with Gasteiger partial charge in [0.15, 0.2) is 5.65 Å². The number of methoxy groups -OCH3 is 1. The number of ether oxygens (including phenoxy) is 1. The minimum Gasteiger partial charge on any atom is -0.496 e. The number of benzene rings is 1. The van der Waals surface area contributed by atoms with Gasteiger partial charge in [-0.15, -0.1) is 0 Å². The van der Waals surface area contributed by atoms with Crippen molar-refractivity contribution in [2.24, 2.45) is 0 Å². The lowest BCUT2D eigenvalue weighted by Gasteiger charge is -2.06. The molecular formula is C14H14N4O. The fourth-order valence-electron chi connectivity index (χ4n) is 2.07. The molecule has 0 aliphatic rings. The lowest BCUT2D eigenvalue weighted by atomic mass is 10.1. The minimum atomic E-state index is 0.802. The molecule has 5 heteroatoms. The zero-order valence-corrected chi connectivity index (χ0v) is 10.8. The van der Waals surface area contributed by atoms with Crippen molar-refractivity contribution < 1.29 is 4.74 Å². The first-order chi connectivity index (χ1) is 9.33. The lowest BCUT2D eigenvalue weighted by molar-refractivity contribution is 0.416. The Kier molecular flexibility index (Phi) is 2.79. The van der Waals surface area contributed by atoms with Gasteiger partial charge in [0.25, 0.3) is 0 Å². The number of nitrogens with zero attached hydrogens (tertiary/aromatic N) is 3. The molecule has 96 valence electrons. The van der Waals surface area contributed by atoms with Crippen LogP contribution in [0.3, 0.4) is 0 Å². The molecule has 3 aromatic rings. The fraction of sp³-hybridized carbons (Fsp3) is 0.143. The normalized spacial score (nSPS) is 10.6. The topological polar surface area (TPSA) is 51.5 Å². The highest BCUT2D eigenvalue weighted by atomic mass is 16.5. The van der Waals surface area contributed by atoms with E-state index in [2.05, 4.69) is 15.4 Å². The van der Waals surface area contributed by atoms with Crippen molar-refractivity contribution in [1.82, 2.24) is 14.6 Å². The van der Waals surface area contributed by atoms with Crippen LogP contribution in [0.25, 0.3) is 16.8 Å². The standard InChI is InChI=1S/C14H14N4O/c1-15-13-7-8-18-14(17-13)11(9-16-18)10-5-3-4-6-12(10)19-2/h3-9H,1-2H3,(H,15,17). The van der Waals surface area contributed by atoms with Gasteiger partial charge in [0, 0.05) is 18.8 Å². The average Bonchev–Trinajstić information content (AvgIpc) is 2.89. The summed E-state index contributed by atoms with van der Waals surface area (Å²) < 4.78 is 7.15. The van der Waals surface area contributed by atoms with E-state index in [0.29, 0.717) is 0 Å². The number of anilines is 1. The molecule has 0 aliphatic carbocycles. The predicted octanol–water partition coefficient (Wildman–Crippen LogP) is 2.45. The molecule has 19 heavy (non-hydrogen) atoms. The zero-order valence-electron chi connectivity index (χ0n) is 10.8. The fourth-order valence-corrected chi connectivity index (χ4v) is 2.07. The van der Waals surface area contributed by atoms with Crippen LogP contribution in [-0.2, 0) is 0 Å². The van der Waals surface area contributed by atoms with Gasteiger partial charge in [-0.25, -0.2) is 9.50 Å². The second-order valence-corrected chi connectivity index (χ2v) is 4.09. The number of fused-ring (bicyclic) bond motifs is 1. The molecule has 1 aromatic carbocycles. The Morgan fingerprint density at radius 3 is 2.79 bits per heavy atom. The summed E-state index contributed by atoms with van der Waals surface area (Å²) in [5.41, 5.74) is 2.74. The van der Waals surface area contributed by atoms with Crippen LogP contribution in [0.4, 0.5) is 5.82 Å². The van der Waals surface area contributed by atoms with Crippen molar-refractivity contribution in [2.75, 3.05) is 19.5 Å². The van der Waals surface area contributed by atoms with E-state index >= 15 is 0 Å². The Labute approximate surface area is 110 Å². The Hall–Kier alpha value is -2.56. The summed E-state index contributed by atoms with van der Waals surface area (Å²) in [5, 5.41) is 7.35. The molecule has 0 radical (unpaired) electrons. The molecule has 2 aromatic heterocycles. The highest BCUT2D eigenvalue weighted by molar-refractivity contribution is 5.81. The van der Waals surface area contributed by atoms with Crippen LogP contribution in [0, 0.1) is 0 Å². The SMILES string of the molecule is CNc1ccn2ncc(-c3ccccc3OC)c2n1. The van der Waals surface area contributed by atoms with E-state index in [1.807, 2.05) is 43.6 Å². The Balaban J connectivity index is 2.24. The van der Waals surface area contributed by atoms with Gasteiger partial charge in [0.05, 0.1) is 18.9 Å². The molecule has 0 saturated heterocycles. The van der Waals surface area contributed by atoms with Crippen LogP contribution >= 0.6 is 0 Å². The number of aromatic nitrogens is 3. The number of hydrogen-bond acceptors (Lipinski definition) is 4. The van der Waals surface area contributed by atoms with Gasteiger partial charge in [-0.3, -0.25) is 0 Å². The smallest absolute Gasteiger partial charge is 0.165 e. The van der Waals surface area contributed by atoms with Gasteiger partial charge in [0.1, 0.15) is 11.6 Å². The van der Waals surface area contributed by atoms with Crippen LogP contribution < -0.4 is 10.1 Å². The molecule has 3 rings (SSSR count). The maximum Gasteiger partial charge on any atom is 0.165 e. The molecule has 0 aliphatic heterocycles. The molecule has 0 fully saturated rings. The molecule has 0 bridgehead atoms. The van der Waals surface area contributed by atoms with Crippen LogP contribution in [0.5, 0.6) is 5.75 Å². The molecule has 0 unspecified atom stereocenters. The number of hydrogen-bond donors (Lipinski definition) is 1. The Morgan fingerprint density at radius 2 is 2.00 bits per heavy atom. The summed E-state index contributed by atoms with van der Waals surface area (Å²) in [4.78, 5) is 4.54. The number of para-hydroxylation sites is 1. The van der Waals surface area contributed by atoms with Gasteiger partial charge >= 0.3 is 0 Å². The molecule has 0 spiro atoms. The largest absolute Gasteiger partial charge is 0.496 e. The van der Waals surface area contributed by atoms with Crippen molar-refractivity contribution in [3.63, 3.8) is 0 Å². The summed E-state index contributed by atoms with van der Waals surface area (Å²) in [6.07, 6.45) is 3.69. The quantitative estimate of drug-likeness (QED) is 0.780. The average molecular weight is 254 g/mol. The summed E-state index contributed by atoms with van der Waals surface area (Å²) >= 11 is 0. The van der Waals surface area contributed by atoms with E-state index in [1.54, 1.807) is 17.8 Å². The molecule has 2 heterocycles. The van der Waals surface area contributed by atoms with Crippen molar-refractivity contribution in [3.05, 3.63) is 42.7 Å². The molecule has 0 amide bonds. The van der Waals surface area contributed by atoms with Crippen LogP contribution in [-0.4, -0.2) is 28.8 Å². The second kappa shape index (κ2) is 4.61. The van der Waals surface area contributed by atoms with E-state index in [4.69, 9.17) is 4.74 Å². The third-order valence-corrected chi connectivity index (χ3v) is 3.02. The van der Waals surface area contributed by atoms with E-state index in [9.17, 15) is 0 Å². The van der Waals surface area contributed by atoms with Crippen LogP contribution in [0.1, 0.15) is 0 Å². The van der Waals surface area contributed by atoms with Crippen molar-refractivity contribution in [3.8, 4) is 16.9 Å². The zero-order chi connectivity index (χ0) is 13.2. The third kappa shape index (κ3) is 1.89. The van der Waals surface area contributed by atoms with E-state index in [0.717, 1.165) is 28.3 Å². The number of rotatable bonds is 3. The van der Waals surface area contributed by atoms with E-state index in [1.165, 1.54) is 0 Å². The minimum absolute atomic E-state index is 0.802.